The molecule has 0 saturated carbocycles. The molecule has 76 valence electrons. The molecule has 0 aliphatic rings. The topological polar surface area (TPSA) is 86.2 Å². The minimum absolute atomic E-state index is 0.0574. The summed E-state index contributed by atoms with van der Waals surface area (Å²) in [6.07, 6.45) is 0. The van der Waals surface area contributed by atoms with Crippen LogP contribution < -0.4 is 11.5 Å². The Kier molecular flexibility index (Phi) is 3.19. The molecule has 4 nitrogen and oxygen atoms in total. The van der Waals surface area contributed by atoms with Crippen molar-refractivity contribution in [2.24, 2.45) is 5.73 Å². The van der Waals surface area contributed by atoms with Crippen LogP contribution in [0, 0.1) is 5.82 Å². The minimum Gasteiger partial charge on any atom is -0.399 e. The highest BCUT2D eigenvalue weighted by atomic mass is 32.2. The Labute approximate surface area is 82.5 Å². The van der Waals surface area contributed by atoms with Gasteiger partial charge in [-0.2, -0.15) is 0 Å². The molecule has 1 unspecified atom stereocenters. The summed E-state index contributed by atoms with van der Waals surface area (Å²) in [6.45, 7) is 0. The summed E-state index contributed by atoms with van der Waals surface area (Å²) < 4.78 is 24.4. The van der Waals surface area contributed by atoms with E-state index in [2.05, 4.69) is 0 Å². The van der Waals surface area contributed by atoms with Crippen molar-refractivity contribution in [2.75, 3.05) is 11.5 Å². The fourth-order valence-corrected chi connectivity index (χ4v) is 1.82. The van der Waals surface area contributed by atoms with Gasteiger partial charge in [0.05, 0.1) is 15.7 Å². The molecule has 0 aromatic heterocycles. The number of hydrogen-bond donors (Lipinski definition) is 2. The zero-order chi connectivity index (χ0) is 10.7. The van der Waals surface area contributed by atoms with Crippen molar-refractivity contribution in [3.05, 3.63) is 24.0 Å². The number of benzene rings is 1. The molecule has 0 aliphatic carbocycles. The Morgan fingerprint density at radius 1 is 1.50 bits per heavy atom. The van der Waals surface area contributed by atoms with E-state index < -0.39 is 22.5 Å². The first-order valence-electron chi connectivity index (χ1n) is 3.72. The molecule has 1 aromatic rings. The number of primary amides is 1. The van der Waals surface area contributed by atoms with Gasteiger partial charge >= 0.3 is 0 Å². The van der Waals surface area contributed by atoms with Crippen LogP contribution in [-0.2, 0) is 15.6 Å². The number of amides is 1. The number of nitrogen functional groups attached to an aromatic ring is 1. The first kappa shape index (κ1) is 10.6. The van der Waals surface area contributed by atoms with Crippen LogP contribution in [0.4, 0.5) is 10.1 Å². The number of hydrogen-bond acceptors (Lipinski definition) is 3. The molecule has 6 heteroatoms. The van der Waals surface area contributed by atoms with Gasteiger partial charge in [0.1, 0.15) is 11.6 Å². The molecule has 0 radical (unpaired) electrons. The largest absolute Gasteiger partial charge is 0.399 e. The van der Waals surface area contributed by atoms with Crippen LogP contribution >= 0.6 is 0 Å². The molecule has 0 fully saturated rings. The van der Waals surface area contributed by atoms with Gasteiger partial charge in [-0.25, -0.2) is 4.39 Å². The van der Waals surface area contributed by atoms with Crippen molar-refractivity contribution in [1.82, 2.24) is 0 Å². The molecule has 0 heterocycles. The lowest BCUT2D eigenvalue weighted by molar-refractivity contribution is -0.115. The highest BCUT2D eigenvalue weighted by Crippen LogP contribution is 2.15. The number of halogens is 1. The normalized spacial score (nSPS) is 12.4. The molecule has 0 saturated heterocycles. The number of nitrogens with two attached hydrogens (primary N) is 2. The number of anilines is 1. The third kappa shape index (κ3) is 2.53. The van der Waals surface area contributed by atoms with E-state index in [1.165, 1.54) is 12.1 Å². The van der Waals surface area contributed by atoms with Gasteiger partial charge in [0.25, 0.3) is 0 Å². The second-order valence-corrected chi connectivity index (χ2v) is 4.07. The third-order valence-corrected chi connectivity index (χ3v) is 2.84. The summed E-state index contributed by atoms with van der Waals surface area (Å²) >= 11 is 0. The van der Waals surface area contributed by atoms with Crippen LogP contribution in [0.3, 0.4) is 0 Å². The lowest BCUT2D eigenvalue weighted by atomic mass is 10.3. The van der Waals surface area contributed by atoms with E-state index in [1.54, 1.807) is 0 Å². The average molecular weight is 216 g/mol. The van der Waals surface area contributed by atoms with Crippen LogP contribution in [0.1, 0.15) is 0 Å². The molecule has 1 aromatic carbocycles. The molecule has 1 atom stereocenters. The Bertz CT molecular complexity index is 395. The van der Waals surface area contributed by atoms with Crippen molar-refractivity contribution >= 4 is 22.4 Å². The zero-order valence-corrected chi connectivity index (χ0v) is 8.01. The summed E-state index contributed by atoms with van der Waals surface area (Å²) in [4.78, 5) is 10.4. The number of carbonyl (C=O) groups excluding carboxylic acids is 1. The van der Waals surface area contributed by atoms with Crippen molar-refractivity contribution in [3.63, 3.8) is 0 Å². The predicted molar refractivity (Wildman–Crippen MR) is 51.3 cm³/mol. The number of rotatable bonds is 3. The van der Waals surface area contributed by atoms with Crippen LogP contribution in [0.15, 0.2) is 23.1 Å². The van der Waals surface area contributed by atoms with Gasteiger partial charge in [-0.3, -0.25) is 9.00 Å². The first-order valence-corrected chi connectivity index (χ1v) is 5.04. The quantitative estimate of drug-likeness (QED) is 0.697. The van der Waals surface area contributed by atoms with Gasteiger partial charge in [-0.1, -0.05) is 0 Å². The predicted octanol–water partition coefficient (Wildman–Crippen LogP) is 0.000800. The lowest BCUT2D eigenvalue weighted by Crippen LogP contribution is -2.19. The van der Waals surface area contributed by atoms with Crippen LogP contribution in [0.25, 0.3) is 0 Å². The van der Waals surface area contributed by atoms with Gasteiger partial charge in [-0.15, -0.1) is 0 Å². The van der Waals surface area contributed by atoms with Gasteiger partial charge in [0.15, 0.2) is 0 Å². The standard InChI is InChI=1S/C8H9FN2O2S/c9-6-3-5(10)1-2-7(6)14(13)4-8(11)12/h1-3H,4,10H2,(H2,11,12). The van der Waals surface area contributed by atoms with E-state index in [9.17, 15) is 13.4 Å². The molecule has 0 aliphatic heterocycles. The highest BCUT2D eigenvalue weighted by Gasteiger charge is 2.12. The van der Waals surface area contributed by atoms with E-state index in [1.807, 2.05) is 0 Å². The van der Waals surface area contributed by atoms with Gasteiger partial charge in [0, 0.05) is 5.69 Å². The fraction of sp³-hybridized carbons (Fsp3) is 0.125. The van der Waals surface area contributed by atoms with Gasteiger partial charge < -0.3 is 11.5 Å². The van der Waals surface area contributed by atoms with E-state index in [-0.39, 0.29) is 16.3 Å². The zero-order valence-electron chi connectivity index (χ0n) is 7.20. The first-order chi connectivity index (χ1) is 6.50. The van der Waals surface area contributed by atoms with Gasteiger partial charge in [0.2, 0.25) is 5.91 Å². The smallest absolute Gasteiger partial charge is 0.230 e. The summed E-state index contributed by atoms with van der Waals surface area (Å²) in [5.41, 5.74) is 10.4. The maximum absolute atomic E-state index is 13.1. The Balaban J connectivity index is 2.96. The van der Waals surface area contributed by atoms with Crippen molar-refractivity contribution in [1.29, 1.82) is 0 Å². The van der Waals surface area contributed by atoms with E-state index in [4.69, 9.17) is 11.5 Å². The molecule has 1 amide bonds. The van der Waals surface area contributed by atoms with Gasteiger partial charge in [-0.05, 0) is 18.2 Å². The molecule has 4 N–H and O–H groups in total. The lowest BCUT2D eigenvalue weighted by Gasteiger charge is -2.02. The molecule has 0 bridgehead atoms. The summed E-state index contributed by atoms with van der Waals surface area (Å²) in [5, 5.41) is 0. The summed E-state index contributed by atoms with van der Waals surface area (Å²) in [7, 11) is -1.74. The second-order valence-electron chi connectivity index (χ2n) is 2.65. The second kappa shape index (κ2) is 4.19. The Morgan fingerprint density at radius 3 is 2.64 bits per heavy atom. The monoisotopic (exact) mass is 216 g/mol. The third-order valence-electron chi connectivity index (χ3n) is 1.47. The van der Waals surface area contributed by atoms with Crippen molar-refractivity contribution in [2.45, 2.75) is 4.90 Å². The van der Waals surface area contributed by atoms with E-state index in [0.29, 0.717) is 0 Å². The number of carbonyl (C=O) groups is 1. The van der Waals surface area contributed by atoms with E-state index >= 15 is 0 Å². The SMILES string of the molecule is NC(=O)CS(=O)c1ccc(N)cc1F. The minimum atomic E-state index is -1.74. The summed E-state index contributed by atoms with van der Waals surface area (Å²) in [5.74, 6) is -1.81. The van der Waals surface area contributed by atoms with Crippen LogP contribution in [0.2, 0.25) is 0 Å². The molecular weight excluding hydrogens is 207 g/mol. The fourth-order valence-electron chi connectivity index (χ4n) is 0.909. The van der Waals surface area contributed by atoms with Crippen molar-refractivity contribution in [3.8, 4) is 0 Å². The highest BCUT2D eigenvalue weighted by molar-refractivity contribution is 7.85. The van der Waals surface area contributed by atoms with Crippen LogP contribution in [-0.4, -0.2) is 15.9 Å². The Morgan fingerprint density at radius 2 is 2.14 bits per heavy atom. The Hall–Kier alpha value is -1.43. The molecule has 0 spiro atoms. The summed E-state index contributed by atoms with van der Waals surface area (Å²) in [6, 6.07) is 3.75. The maximum atomic E-state index is 13.1. The average Bonchev–Trinajstić information content (AvgIpc) is 2.01. The molecular formula is C8H9FN2O2S. The molecule has 14 heavy (non-hydrogen) atoms. The maximum Gasteiger partial charge on any atom is 0.230 e. The van der Waals surface area contributed by atoms with Crippen molar-refractivity contribution < 1.29 is 13.4 Å². The molecule has 1 rings (SSSR count). The van der Waals surface area contributed by atoms with Crippen LogP contribution in [0.5, 0.6) is 0 Å². The van der Waals surface area contributed by atoms with E-state index in [0.717, 1.165) is 6.07 Å².